The van der Waals surface area contributed by atoms with Crippen LogP contribution in [0.1, 0.15) is 48.5 Å². The van der Waals surface area contributed by atoms with E-state index < -0.39 is 85.0 Å². The lowest BCUT2D eigenvalue weighted by Crippen LogP contribution is -2.64. The molecule has 0 aliphatic carbocycles. The van der Waals surface area contributed by atoms with E-state index in [2.05, 4.69) is 5.32 Å². The molecule has 14 heteroatoms. The number of alkyl carbamates (subject to hydrolysis) is 1. The van der Waals surface area contributed by atoms with Gasteiger partial charge in [-0.3, -0.25) is 9.59 Å². The first-order valence-corrected chi connectivity index (χ1v) is 12.8. The molecule has 1 amide bonds. The van der Waals surface area contributed by atoms with E-state index in [1.165, 1.54) is 28.1 Å². The number of carbonyl (C=O) groups excluding carboxylic acids is 3. The minimum atomic E-state index is -1.17. The van der Waals surface area contributed by atoms with Crippen LogP contribution in [0.5, 0.6) is 0 Å². The normalized spacial score (nSPS) is 35.1. The standard InChI is InChI=1S/C25H43NO13/c1-12-16(29)18(31-8)20(36-14(3)27)23(34-12)38-17-13(2)35-22(21(19(17)32-9)37-15(4)28)33-11-10-26-24(30)39-25(5,6)7/h12-13,16-23,29H,10-11H2,1-9H3,(H,26,30)/t12?,13?,16-,17-,18+,19+,20?,21?,22+,23-/m1/s1. The fourth-order valence-corrected chi connectivity index (χ4v) is 4.36. The molecule has 4 unspecified atom stereocenters. The van der Waals surface area contributed by atoms with E-state index in [0.717, 1.165) is 0 Å². The number of nitrogens with one attached hydrogen (secondary N) is 1. The summed E-state index contributed by atoms with van der Waals surface area (Å²) in [5.41, 5.74) is -0.649. The van der Waals surface area contributed by atoms with Crippen LogP contribution in [-0.2, 0) is 52.2 Å². The largest absolute Gasteiger partial charge is 0.454 e. The Hall–Kier alpha value is -2.07. The molecule has 10 atom stereocenters. The van der Waals surface area contributed by atoms with Crippen molar-refractivity contribution in [3.05, 3.63) is 0 Å². The van der Waals surface area contributed by atoms with Crippen LogP contribution in [0.15, 0.2) is 0 Å². The van der Waals surface area contributed by atoms with E-state index in [4.69, 9.17) is 42.6 Å². The predicted octanol–water partition coefficient (Wildman–Crippen LogP) is 0.657. The number of carbonyl (C=O) groups is 3. The number of methoxy groups -OCH3 is 2. The highest BCUT2D eigenvalue weighted by molar-refractivity contribution is 5.67. The Kier molecular flexibility index (Phi) is 12.3. The molecular formula is C25H43NO13. The number of ether oxygens (including phenoxy) is 9. The molecule has 2 fully saturated rings. The summed E-state index contributed by atoms with van der Waals surface area (Å²) < 4.78 is 51.0. The second kappa shape index (κ2) is 14.5. The Bertz CT molecular complexity index is 818. The van der Waals surface area contributed by atoms with Gasteiger partial charge in [0.05, 0.1) is 18.8 Å². The lowest BCUT2D eigenvalue weighted by Gasteiger charge is -2.47. The SMILES string of the molecule is CO[C@@H]1C(OC(C)=O)[C@@H](O[C@@H]2C(C)O[C@H](OCCNC(=O)OC(C)(C)C)C(OC(C)=O)[C@H]2OC)OC(C)[C@H]1O. The Balaban J connectivity index is 2.17. The van der Waals surface area contributed by atoms with Crippen molar-refractivity contribution in [2.45, 2.75) is 115 Å². The summed E-state index contributed by atoms with van der Waals surface area (Å²) in [6, 6.07) is 0. The fraction of sp³-hybridized carbons (Fsp3) is 0.880. The average Bonchev–Trinajstić information content (AvgIpc) is 2.81. The van der Waals surface area contributed by atoms with E-state index in [1.807, 2.05) is 0 Å². The van der Waals surface area contributed by atoms with E-state index in [1.54, 1.807) is 34.6 Å². The van der Waals surface area contributed by atoms with Crippen LogP contribution in [0.4, 0.5) is 4.79 Å². The number of amides is 1. The van der Waals surface area contributed by atoms with Crippen molar-refractivity contribution < 1.29 is 62.1 Å². The van der Waals surface area contributed by atoms with Crippen LogP contribution in [0.3, 0.4) is 0 Å². The molecule has 0 radical (unpaired) electrons. The highest BCUT2D eigenvalue weighted by Crippen LogP contribution is 2.33. The quantitative estimate of drug-likeness (QED) is 0.216. The molecule has 0 aromatic rings. The maximum atomic E-state index is 12.0. The third-order valence-electron chi connectivity index (χ3n) is 5.98. The molecule has 0 saturated carbocycles. The zero-order valence-electron chi connectivity index (χ0n) is 24.0. The van der Waals surface area contributed by atoms with Gasteiger partial charge in [0.15, 0.2) is 24.8 Å². The summed E-state index contributed by atoms with van der Waals surface area (Å²) in [6.45, 7) is 11.1. The van der Waals surface area contributed by atoms with Crippen LogP contribution in [0.2, 0.25) is 0 Å². The first-order valence-electron chi connectivity index (χ1n) is 12.8. The van der Waals surface area contributed by atoms with Crippen molar-refractivity contribution in [2.75, 3.05) is 27.4 Å². The van der Waals surface area contributed by atoms with Gasteiger partial charge < -0.3 is 53.1 Å². The summed E-state index contributed by atoms with van der Waals surface area (Å²) in [5, 5.41) is 13.1. The van der Waals surface area contributed by atoms with Crippen molar-refractivity contribution in [1.82, 2.24) is 5.32 Å². The van der Waals surface area contributed by atoms with Gasteiger partial charge in [-0.2, -0.15) is 0 Å². The van der Waals surface area contributed by atoms with Gasteiger partial charge in [0.1, 0.15) is 30.0 Å². The zero-order chi connectivity index (χ0) is 29.5. The molecule has 0 aromatic heterocycles. The Morgan fingerprint density at radius 3 is 1.87 bits per heavy atom. The molecular weight excluding hydrogens is 522 g/mol. The second-order valence-corrected chi connectivity index (χ2v) is 10.4. The highest BCUT2D eigenvalue weighted by atomic mass is 16.8. The summed E-state index contributed by atoms with van der Waals surface area (Å²) in [5.74, 6) is -1.23. The first kappa shape index (κ1) is 33.1. The Morgan fingerprint density at radius 1 is 0.821 bits per heavy atom. The van der Waals surface area contributed by atoms with Gasteiger partial charge in [-0.1, -0.05) is 0 Å². The number of esters is 2. The monoisotopic (exact) mass is 565 g/mol. The summed E-state index contributed by atoms with van der Waals surface area (Å²) in [6.07, 6.45) is -10.2. The lowest BCUT2D eigenvalue weighted by molar-refractivity contribution is -0.356. The molecule has 2 heterocycles. The van der Waals surface area contributed by atoms with Crippen LogP contribution in [0.25, 0.3) is 0 Å². The number of aliphatic hydroxyl groups is 1. The molecule has 2 aliphatic heterocycles. The zero-order valence-corrected chi connectivity index (χ0v) is 24.0. The third-order valence-corrected chi connectivity index (χ3v) is 5.98. The van der Waals surface area contributed by atoms with Crippen LogP contribution < -0.4 is 5.32 Å². The van der Waals surface area contributed by atoms with Gasteiger partial charge in [-0.15, -0.1) is 0 Å². The second-order valence-electron chi connectivity index (χ2n) is 10.4. The van der Waals surface area contributed by atoms with Gasteiger partial charge in [0, 0.05) is 34.6 Å². The predicted molar refractivity (Wildman–Crippen MR) is 132 cm³/mol. The maximum Gasteiger partial charge on any atom is 0.407 e. The van der Waals surface area contributed by atoms with Crippen molar-refractivity contribution in [2.24, 2.45) is 0 Å². The molecule has 2 saturated heterocycles. The summed E-state index contributed by atoms with van der Waals surface area (Å²) in [7, 11) is 2.78. The van der Waals surface area contributed by atoms with E-state index in [0.29, 0.717) is 0 Å². The molecule has 39 heavy (non-hydrogen) atoms. The number of aliphatic hydroxyl groups excluding tert-OH is 1. The molecule has 14 nitrogen and oxygen atoms in total. The fourth-order valence-electron chi connectivity index (χ4n) is 4.36. The van der Waals surface area contributed by atoms with Gasteiger partial charge >= 0.3 is 18.0 Å². The first-order chi connectivity index (χ1) is 18.2. The number of hydrogen-bond acceptors (Lipinski definition) is 13. The van der Waals surface area contributed by atoms with E-state index in [9.17, 15) is 19.5 Å². The molecule has 226 valence electrons. The number of hydrogen-bond donors (Lipinski definition) is 2. The Morgan fingerprint density at radius 2 is 1.36 bits per heavy atom. The van der Waals surface area contributed by atoms with Crippen LogP contribution in [0, 0.1) is 0 Å². The van der Waals surface area contributed by atoms with Crippen LogP contribution >= 0.6 is 0 Å². The van der Waals surface area contributed by atoms with Crippen molar-refractivity contribution in [3.63, 3.8) is 0 Å². The van der Waals surface area contributed by atoms with E-state index in [-0.39, 0.29) is 13.2 Å². The van der Waals surface area contributed by atoms with Gasteiger partial charge in [-0.05, 0) is 34.6 Å². The maximum absolute atomic E-state index is 12.0. The molecule has 2 rings (SSSR count). The molecule has 0 aromatic carbocycles. The van der Waals surface area contributed by atoms with Crippen LogP contribution in [-0.4, -0.2) is 118 Å². The molecule has 2 N–H and O–H groups in total. The van der Waals surface area contributed by atoms with Gasteiger partial charge in [-0.25, -0.2) is 4.79 Å². The third kappa shape index (κ3) is 9.52. The average molecular weight is 566 g/mol. The molecule has 2 aliphatic rings. The topological polar surface area (TPSA) is 167 Å². The minimum absolute atomic E-state index is 0.0154. The number of rotatable bonds is 10. The van der Waals surface area contributed by atoms with E-state index >= 15 is 0 Å². The van der Waals surface area contributed by atoms with Crippen molar-refractivity contribution in [1.29, 1.82) is 0 Å². The van der Waals surface area contributed by atoms with Gasteiger partial charge in [0.2, 0.25) is 0 Å². The summed E-state index contributed by atoms with van der Waals surface area (Å²) >= 11 is 0. The Labute approximate surface area is 228 Å². The smallest absolute Gasteiger partial charge is 0.407 e. The van der Waals surface area contributed by atoms with Crippen molar-refractivity contribution >= 4 is 18.0 Å². The van der Waals surface area contributed by atoms with Gasteiger partial charge in [0.25, 0.3) is 0 Å². The summed E-state index contributed by atoms with van der Waals surface area (Å²) in [4.78, 5) is 35.7. The lowest BCUT2D eigenvalue weighted by atomic mass is 9.97. The van der Waals surface area contributed by atoms with Crippen molar-refractivity contribution in [3.8, 4) is 0 Å². The molecule has 0 bridgehead atoms. The minimum Gasteiger partial charge on any atom is -0.454 e. The highest BCUT2D eigenvalue weighted by Gasteiger charge is 2.53. The molecule has 0 spiro atoms.